The molecule has 1 N–H and O–H groups in total. The molecule has 1 aliphatic heterocycles. The number of allylic oxidation sites excluding steroid dienone is 4. The third-order valence-electron chi connectivity index (χ3n) is 4.99. The molecule has 0 radical (unpaired) electrons. The third kappa shape index (κ3) is 5.25. The molecule has 9 heteroatoms. The number of hydrogen-bond donors (Lipinski definition) is 1. The van der Waals surface area contributed by atoms with E-state index in [1.165, 1.54) is 17.3 Å². The molecule has 6 nitrogen and oxygen atoms in total. The summed E-state index contributed by atoms with van der Waals surface area (Å²) in [5.41, 5.74) is 0.941. The van der Waals surface area contributed by atoms with E-state index < -0.39 is 9.07 Å². The molecule has 1 heterocycles. The highest BCUT2D eigenvalue weighted by Crippen LogP contribution is 2.48. The van der Waals surface area contributed by atoms with Crippen LogP contribution in [0.15, 0.2) is 23.8 Å². The first-order valence-corrected chi connectivity index (χ1v) is 12.1. The van der Waals surface area contributed by atoms with Gasteiger partial charge < -0.3 is 10.1 Å². The molecule has 0 saturated carbocycles. The van der Waals surface area contributed by atoms with E-state index >= 15 is 0 Å². The lowest BCUT2D eigenvalue weighted by atomic mass is 9.85. The highest BCUT2D eigenvalue weighted by molar-refractivity contribution is 9.50. The van der Waals surface area contributed by atoms with Crippen molar-refractivity contribution in [3.8, 4) is 0 Å². The molecule has 1 saturated heterocycles. The summed E-state index contributed by atoms with van der Waals surface area (Å²) < 4.78 is 3.32. The van der Waals surface area contributed by atoms with Crippen molar-refractivity contribution in [3.63, 3.8) is 0 Å². The van der Waals surface area contributed by atoms with Crippen LogP contribution in [-0.4, -0.2) is 58.0 Å². The first-order chi connectivity index (χ1) is 12.6. The van der Waals surface area contributed by atoms with Crippen LogP contribution in [0.25, 0.3) is 0 Å². The van der Waals surface area contributed by atoms with Crippen LogP contribution in [0.4, 0.5) is 0 Å². The van der Waals surface area contributed by atoms with Crippen LogP contribution < -0.4 is 5.32 Å². The minimum atomic E-state index is -0.906. The molecule has 2 unspecified atom stereocenters. The molecule has 1 amide bonds. The van der Waals surface area contributed by atoms with E-state index in [9.17, 15) is 14.4 Å². The number of rotatable bonds is 8. The van der Waals surface area contributed by atoms with Gasteiger partial charge >= 0.3 is 5.97 Å². The Morgan fingerprint density at radius 2 is 2.11 bits per heavy atom. The van der Waals surface area contributed by atoms with Crippen LogP contribution in [-0.2, 0) is 19.1 Å². The Labute approximate surface area is 179 Å². The summed E-state index contributed by atoms with van der Waals surface area (Å²) in [4.78, 5) is 38.1. The van der Waals surface area contributed by atoms with Gasteiger partial charge in [-0.3, -0.25) is 19.3 Å². The number of carbonyl (C=O) groups excluding carboxylic acids is 3. The lowest BCUT2D eigenvalue weighted by molar-refractivity contribution is -0.146. The van der Waals surface area contributed by atoms with E-state index in [4.69, 9.17) is 4.74 Å². The van der Waals surface area contributed by atoms with E-state index in [1.54, 1.807) is 12.2 Å². The fourth-order valence-electron chi connectivity index (χ4n) is 2.90. The Hall–Kier alpha value is -0.640. The summed E-state index contributed by atoms with van der Waals surface area (Å²) in [6, 6.07) is 0. The molecule has 2 atom stereocenters. The van der Waals surface area contributed by atoms with Crippen molar-refractivity contribution < 1.29 is 19.1 Å². The quantitative estimate of drug-likeness (QED) is 0.389. The third-order valence-corrected chi connectivity index (χ3v) is 10.0. The summed E-state index contributed by atoms with van der Waals surface area (Å²) in [5, 5.41) is 3.06. The summed E-state index contributed by atoms with van der Waals surface area (Å²) in [5.74, 6) is -0.409. The van der Waals surface area contributed by atoms with Crippen molar-refractivity contribution in [2.24, 2.45) is 0 Å². The molecule has 1 fully saturated rings. The molecule has 2 rings (SSSR count). The molecule has 0 aromatic heterocycles. The van der Waals surface area contributed by atoms with Gasteiger partial charge in [-0.1, -0.05) is 38.3 Å². The fraction of sp³-hybridized carbons (Fsp3) is 0.611. The average Bonchev–Trinajstić information content (AvgIpc) is 2.64. The van der Waals surface area contributed by atoms with Crippen molar-refractivity contribution in [1.82, 2.24) is 10.2 Å². The van der Waals surface area contributed by atoms with Gasteiger partial charge in [-0.15, -0.1) is 0 Å². The minimum Gasteiger partial charge on any atom is -0.468 e. The topological polar surface area (TPSA) is 75.7 Å². The van der Waals surface area contributed by atoms with Gasteiger partial charge in [0.2, 0.25) is 5.91 Å². The van der Waals surface area contributed by atoms with Crippen molar-refractivity contribution in [3.05, 3.63) is 23.8 Å². The maximum Gasteiger partial charge on any atom is 0.319 e. The normalized spacial score (nSPS) is 22.5. The lowest BCUT2D eigenvalue weighted by Crippen LogP contribution is -2.64. The molecule has 1 aliphatic carbocycles. The minimum absolute atomic E-state index is 0.0606. The molecular formula is C18H24Br2N2O4S. The predicted molar refractivity (Wildman–Crippen MR) is 114 cm³/mol. The maximum atomic E-state index is 13.3. The van der Waals surface area contributed by atoms with Crippen molar-refractivity contribution in [2.45, 2.75) is 48.3 Å². The summed E-state index contributed by atoms with van der Waals surface area (Å²) >= 11 is 7.16. The number of hydrogen-bond acceptors (Lipinski definition) is 6. The van der Waals surface area contributed by atoms with Gasteiger partial charge in [0.1, 0.15) is 4.32 Å². The number of likely N-dealkylation sites (tertiary alicyclic amines) is 1. The van der Waals surface area contributed by atoms with Crippen LogP contribution in [0, 0.1) is 0 Å². The summed E-state index contributed by atoms with van der Waals surface area (Å²) in [6.45, 7) is 4.85. The number of carbonyl (C=O) groups is 3. The summed E-state index contributed by atoms with van der Waals surface area (Å²) in [7, 11) is 2.77. The lowest BCUT2D eigenvalue weighted by Gasteiger charge is -2.45. The van der Waals surface area contributed by atoms with E-state index in [1.807, 2.05) is 24.8 Å². The standard InChI is InChI=1S/C18H24Br2N2O4S/c1-17(2,27-20)18(19,10-12-4-6-13(23)7-5-12)16(25)21-14-8-9-22(14)11-15(24)26-3/h4-6,14H,7-11H2,1-3H3,(H,21,25). The van der Waals surface area contributed by atoms with Crippen LogP contribution in [0.3, 0.4) is 0 Å². The number of amides is 1. The second-order valence-electron chi connectivity index (χ2n) is 7.17. The molecule has 2 aliphatic rings. The number of ether oxygens (including phenoxy) is 1. The number of methoxy groups -OCH3 is 1. The van der Waals surface area contributed by atoms with Crippen LogP contribution in [0.5, 0.6) is 0 Å². The monoisotopic (exact) mass is 522 g/mol. The Kier molecular flexibility index (Phi) is 7.75. The van der Waals surface area contributed by atoms with Crippen LogP contribution in [0.2, 0.25) is 0 Å². The predicted octanol–water partition coefficient (Wildman–Crippen LogP) is 3.11. The van der Waals surface area contributed by atoms with Gasteiger partial charge in [-0.05, 0) is 53.2 Å². The fourth-order valence-corrected chi connectivity index (χ4v) is 5.35. The highest BCUT2D eigenvalue weighted by atomic mass is 79.9. The summed E-state index contributed by atoms with van der Waals surface area (Å²) in [6.07, 6.45) is 6.59. The molecule has 0 bridgehead atoms. The van der Waals surface area contributed by atoms with Gasteiger partial charge in [0.15, 0.2) is 5.78 Å². The smallest absolute Gasteiger partial charge is 0.319 e. The number of alkyl halides is 1. The van der Waals surface area contributed by atoms with Gasteiger partial charge in [-0.2, -0.15) is 0 Å². The number of nitrogens with one attached hydrogen (secondary N) is 1. The second-order valence-corrected chi connectivity index (χ2v) is 10.7. The van der Waals surface area contributed by atoms with E-state index in [2.05, 4.69) is 36.1 Å². The first kappa shape index (κ1) is 22.6. The molecular weight excluding hydrogens is 500 g/mol. The van der Waals surface area contributed by atoms with Gasteiger partial charge in [-0.25, -0.2) is 0 Å². The van der Waals surface area contributed by atoms with Crippen molar-refractivity contribution >= 4 is 58.6 Å². The second kappa shape index (κ2) is 9.24. The van der Waals surface area contributed by atoms with Crippen LogP contribution in [0.1, 0.15) is 33.1 Å². The molecule has 150 valence electrons. The van der Waals surface area contributed by atoms with Gasteiger partial charge in [0.05, 0.1) is 19.8 Å². The Balaban J connectivity index is 2.14. The maximum absolute atomic E-state index is 13.3. The Bertz CT molecular complexity index is 680. The van der Waals surface area contributed by atoms with E-state index in [0.29, 0.717) is 12.8 Å². The van der Waals surface area contributed by atoms with Gasteiger partial charge in [0, 0.05) is 17.7 Å². The highest BCUT2D eigenvalue weighted by Gasteiger charge is 2.51. The van der Waals surface area contributed by atoms with Crippen molar-refractivity contribution in [2.75, 3.05) is 20.2 Å². The molecule has 0 spiro atoms. The Morgan fingerprint density at radius 3 is 2.59 bits per heavy atom. The number of esters is 1. The zero-order valence-corrected chi connectivity index (χ0v) is 19.6. The molecule has 27 heavy (non-hydrogen) atoms. The van der Waals surface area contributed by atoms with Gasteiger partial charge in [0.25, 0.3) is 0 Å². The Morgan fingerprint density at radius 1 is 1.41 bits per heavy atom. The number of halogens is 2. The van der Waals surface area contributed by atoms with Crippen molar-refractivity contribution in [1.29, 1.82) is 0 Å². The van der Waals surface area contributed by atoms with E-state index in [0.717, 1.165) is 18.5 Å². The molecule has 0 aromatic rings. The zero-order chi connectivity index (χ0) is 20.2. The van der Waals surface area contributed by atoms with E-state index in [-0.39, 0.29) is 30.4 Å². The van der Waals surface area contributed by atoms with Crippen LogP contribution >= 0.6 is 40.9 Å². The largest absolute Gasteiger partial charge is 0.468 e. The number of ketones is 1. The number of nitrogens with zero attached hydrogens (tertiary/aromatic N) is 1. The first-order valence-electron chi connectivity index (χ1n) is 8.63. The average molecular weight is 524 g/mol. The zero-order valence-electron chi connectivity index (χ0n) is 15.6. The molecule has 0 aromatic carbocycles. The SMILES string of the molecule is COC(=O)CN1CCC1NC(=O)C(Br)(CC1=CCC(=O)C=C1)C(C)(C)SBr.